The van der Waals surface area contributed by atoms with E-state index >= 15 is 0 Å². The van der Waals surface area contributed by atoms with E-state index in [4.69, 9.17) is 23.4 Å². The molecule has 158 valence electrons. The molecule has 4 rings (SSSR count). The SMILES string of the molecule is C#CCOc1ccc2ccccc2c1/C=C1\C(=O)NC(=S)N(c2ccc(C)c(C)c2)C1=O. The van der Waals surface area contributed by atoms with Gasteiger partial charge in [0, 0.05) is 5.56 Å². The number of nitrogens with one attached hydrogen (secondary N) is 1. The van der Waals surface area contributed by atoms with E-state index in [0.717, 1.165) is 21.9 Å². The van der Waals surface area contributed by atoms with Crippen LogP contribution in [0.2, 0.25) is 0 Å². The lowest BCUT2D eigenvalue weighted by atomic mass is 9.99. The Hall–Kier alpha value is -3.95. The Kier molecular flexibility index (Phi) is 5.76. The number of aryl methyl sites for hydroxylation is 2. The monoisotopic (exact) mass is 440 g/mol. The molecule has 5 nitrogen and oxygen atoms in total. The quantitative estimate of drug-likeness (QED) is 0.284. The molecule has 1 N–H and O–H groups in total. The number of hydrogen-bond donors (Lipinski definition) is 1. The van der Waals surface area contributed by atoms with Gasteiger partial charge in [-0.3, -0.25) is 19.8 Å². The zero-order valence-corrected chi connectivity index (χ0v) is 18.5. The van der Waals surface area contributed by atoms with Gasteiger partial charge in [0.1, 0.15) is 17.9 Å². The minimum absolute atomic E-state index is 0.0428. The van der Waals surface area contributed by atoms with Crippen LogP contribution in [-0.4, -0.2) is 23.5 Å². The number of fused-ring (bicyclic) bond motifs is 1. The highest BCUT2D eigenvalue weighted by Crippen LogP contribution is 2.32. The van der Waals surface area contributed by atoms with Gasteiger partial charge in [-0.05, 0) is 72.2 Å². The average molecular weight is 441 g/mol. The van der Waals surface area contributed by atoms with Crippen molar-refractivity contribution in [1.82, 2.24) is 5.32 Å². The maximum Gasteiger partial charge on any atom is 0.270 e. The number of nitrogens with zero attached hydrogens (tertiary/aromatic N) is 1. The fourth-order valence-corrected chi connectivity index (χ4v) is 3.85. The van der Waals surface area contributed by atoms with Crippen molar-refractivity contribution in [1.29, 1.82) is 0 Å². The number of hydrogen-bond acceptors (Lipinski definition) is 4. The highest BCUT2D eigenvalue weighted by Gasteiger charge is 2.35. The van der Waals surface area contributed by atoms with Crippen LogP contribution in [0.4, 0.5) is 5.69 Å². The van der Waals surface area contributed by atoms with Crippen molar-refractivity contribution in [3.63, 3.8) is 0 Å². The van der Waals surface area contributed by atoms with Crippen LogP contribution in [0.3, 0.4) is 0 Å². The summed E-state index contributed by atoms with van der Waals surface area (Å²) in [6.45, 7) is 4.01. The Morgan fingerprint density at radius 2 is 1.88 bits per heavy atom. The normalized spacial score (nSPS) is 15.1. The van der Waals surface area contributed by atoms with Crippen molar-refractivity contribution >= 4 is 51.7 Å². The van der Waals surface area contributed by atoms with Gasteiger partial charge in [0.15, 0.2) is 5.11 Å². The molecule has 1 fully saturated rings. The zero-order valence-electron chi connectivity index (χ0n) is 17.6. The second-order valence-electron chi connectivity index (χ2n) is 7.42. The summed E-state index contributed by atoms with van der Waals surface area (Å²) < 4.78 is 5.70. The first-order valence-corrected chi connectivity index (χ1v) is 10.4. The number of terminal acetylenes is 1. The van der Waals surface area contributed by atoms with Gasteiger partial charge in [0.2, 0.25) is 0 Å². The van der Waals surface area contributed by atoms with Gasteiger partial charge >= 0.3 is 0 Å². The molecule has 1 aliphatic heterocycles. The number of amides is 2. The lowest BCUT2D eigenvalue weighted by molar-refractivity contribution is -0.122. The van der Waals surface area contributed by atoms with Gasteiger partial charge in [-0.1, -0.05) is 42.3 Å². The second-order valence-corrected chi connectivity index (χ2v) is 7.80. The largest absolute Gasteiger partial charge is 0.480 e. The van der Waals surface area contributed by atoms with Crippen LogP contribution in [-0.2, 0) is 9.59 Å². The first-order valence-electron chi connectivity index (χ1n) is 9.97. The Morgan fingerprint density at radius 3 is 2.62 bits per heavy atom. The lowest BCUT2D eigenvalue weighted by Crippen LogP contribution is -2.54. The summed E-state index contributed by atoms with van der Waals surface area (Å²) in [5, 5.41) is 4.45. The Labute approximate surface area is 191 Å². The minimum Gasteiger partial charge on any atom is -0.480 e. The maximum atomic E-state index is 13.4. The molecule has 3 aromatic carbocycles. The van der Waals surface area contributed by atoms with Crippen LogP contribution in [0.15, 0.2) is 60.2 Å². The summed E-state index contributed by atoms with van der Waals surface area (Å²) in [4.78, 5) is 27.6. The van der Waals surface area contributed by atoms with Crippen LogP contribution >= 0.6 is 12.2 Å². The number of carbonyl (C=O) groups is 2. The van der Waals surface area contributed by atoms with Crippen molar-refractivity contribution in [2.24, 2.45) is 0 Å². The Balaban J connectivity index is 1.86. The van der Waals surface area contributed by atoms with Crippen LogP contribution in [0.1, 0.15) is 16.7 Å². The Morgan fingerprint density at radius 1 is 1.09 bits per heavy atom. The third kappa shape index (κ3) is 3.86. The summed E-state index contributed by atoms with van der Waals surface area (Å²) in [5.41, 5.74) is 3.26. The van der Waals surface area contributed by atoms with Crippen LogP contribution < -0.4 is 15.0 Å². The summed E-state index contributed by atoms with van der Waals surface area (Å²) in [6.07, 6.45) is 6.90. The van der Waals surface area contributed by atoms with E-state index in [0.29, 0.717) is 17.0 Å². The van der Waals surface area contributed by atoms with Crippen LogP contribution in [0.25, 0.3) is 16.8 Å². The highest BCUT2D eigenvalue weighted by atomic mass is 32.1. The first kappa shape index (κ1) is 21.3. The van der Waals surface area contributed by atoms with E-state index in [1.54, 1.807) is 18.2 Å². The highest BCUT2D eigenvalue weighted by molar-refractivity contribution is 7.80. The number of thiocarbonyl (C=S) groups is 1. The number of anilines is 1. The van der Waals surface area contributed by atoms with Crippen molar-refractivity contribution < 1.29 is 14.3 Å². The van der Waals surface area contributed by atoms with E-state index in [9.17, 15) is 9.59 Å². The van der Waals surface area contributed by atoms with Gasteiger partial charge in [-0.25, -0.2) is 0 Å². The fourth-order valence-electron chi connectivity index (χ4n) is 3.57. The zero-order chi connectivity index (χ0) is 22.8. The topological polar surface area (TPSA) is 58.6 Å². The number of benzene rings is 3. The van der Waals surface area contributed by atoms with E-state index in [1.807, 2.05) is 56.3 Å². The molecular weight excluding hydrogens is 420 g/mol. The summed E-state index contributed by atoms with van der Waals surface area (Å²) >= 11 is 5.32. The predicted octanol–water partition coefficient (Wildman–Crippen LogP) is 4.30. The predicted molar refractivity (Wildman–Crippen MR) is 130 cm³/mol. The van der Waals surface area contributed by atoms with Crippen LogP contribution in [0.5, 0.6) is 5.75 Å². The van der Waals surface area contributed by atoms with E-state index in [2.05, 4.69) is 11.2 Å². The maximum absolute atomic E-state index is 13.4. The minimum atomic E-state index is -0.559. The molecule has 6 heteroatoms. The van der Waals surface area contributed by atoms with Gasteiger partial charge in [-0.15, -0.1) is 6.42 Å². The molecule has 1 saturated heterocycles. The van der Waals surface area contributed by atoms with Gasteiger partial charge in [0.05, 0.1) is 5.69 Å². The molecule has 2 amide bonds. The van der Waals surface area contributed by atoms with Gasteiger partial charge in [0.25, 0.3) is 11.8 Å². The van der Waals surface area contributed by atoms with Crippen molar-refractivity contribution in [2.45, 2.75) is 13.8 Å². The number of rotatable bonds is 4. The van der Waals surface area contributed by atoms with Crippen molar-refractivity contribution in [2.75, 3.05) is 11.5 Å². The average Bonchev–Trinajstić information content (AvgIpc) is 2.77. The van der Waals surface area contributed by atoms with Gasteiger partial charge < -0.3 is 4.74 Å². The lowest BCUT2D eigenvalue weighted by Gasteiger charge is -2.29. The van der Waals surface area contributed by atoms with Crippen molar-refractivity contribution in [3.05, 3.63) is 76.9 Å². The summed E-state index contributed by atoms with van der Waals surface area (Å²) in [5.74, 6) is 1.87. The molecule has 1 heterocycles. The standard InChI is InChI=1S/C26H20N2O3S/c1-4-13-31-23-12-10-18-7-5-6-8-20(18)21(23)15-22-24(29)27-26(32)28(25(22)30)19-11-9-16(2)17(3)14-19/h1,5-12,14-15H,13H2,2-3H3,(H,27,29,32)/b22-15+. The molecule has 0 bridgehead atoms. The third-order valence-corrected chi connectivity index (χ3v) is 5.67. The van der Waals surface area contributed by atoms with Crippen molar-refractivity contribution in [3.8, 4) is 18.1 Å². The number of carbonyl (C=O) groups excluding carboxylic acids is 2. The second kappa shape index (κ2) is 8.66. The molecule has 0 aromatic heterocycles. The molecule has 0 radical (unpaired) electrons. The molecule has 0 aliphatic carbocycles. The summed E-state index contributed by atoms with van der Waals surface area (Å²) in [6, 6.07) is 16.9. The first-order chi connectivity index (χ1) is 15.4. The van der Waals surface area contributed by atoms with Gasteiger partial charge in [-0.2, -0.15) is 0 Å². The van der Waals surface area contributed by atoms with E-state index in [1.165, 1.54) is 4.90 Å². The molecule has 0 spiro atoms. The molecule has 1 aliphatic rings. The molecule has 32 heavy (non-hydrogen) atoms. The molecule has 0 atom stereocenters. The molecule has 0 unspecified atom stereocenters. The summed E-state index contributed by atoms with van der Waals surface area (Å²) in [7, 11) is 0. The molecular formula is C26H20N2O3S. The van der Waals surface area contributed by atoms with E-state index in [-0.39, 0.29) is 17.3 Å². The van der Waals surface area contributed by atoms with Crippen LogP contribution in [0, 0.1) is 26.2 Å². The molecule has 3 aromatic rings. The fraction of sp³-hybridized carbons (Fsp3) is 0.115. The number of ether oxygens (including phenoxy) is 1. The Bertz CT molecular complexity index is 1350. The molecule has 0 saturated carbocycles. The van der Waals surface area contributed by atoms with E-state index < -0.39 is 11.8 Å². The smallest absolute Gasteiger partial charge is 0.270 e. The third-order valence-electron chi connectivity index (χ3n) is 5.38.